The smallest absolute Gasteiger partial charge is 0.416 e. The second-order valence-corrected chi connectivity index (χ2v) is 9.91. The van der Waals surface area contributed by atoms with Gasteiger partial charge in [-0.2, -0.15) is 13.2 Å². The fourth-order valence-electron chi connectivity index (χ4n) is 3.35. The number of aryl methyl sites for hydroxylation is 1. The summed E-state index contributed by atoms with van der Waals surface area (Å²) in [6, 6.07) is 13.3. The van der Waals surface area contributed by atoms with Gasteiger partial charge in [0.15, 0.2) is 9.84 Å². The van der Waals surface area contributed by atoms with Crippen LogP contribution in [0.5, 0.6) is 0 Å². The van der Waals surface area contributed by atoms with E-state index in [9.17, 15) is 26.4 Å². The van der Waals surface area contributed by atoms with Crippen LogP contribution in [0.4, 0.5) is 13.2 Å². The zero-order chi connectivity index (χ0) is 25.9. The number of hydrogen-bond acceptors (Lipinski definition) is 6. The third-order valence-electron chi connectivity index (χ3n) is 5.33. The number of sulfone groups is 1. The van der Waals surface area contributed by atoms with Gasteiger partial charge in [0, 0.05) is 30.1 Å². The van der Waals surface area contributed by atoms with Gasteiger partial charge < -0.3 is 9.73 Å². The first-order chi connectivity index (χ1) is 17.0. The third kappa shape index (κ3) is 5.80. The molecule has 2 aromatic carbocycles. The van der Waals surface area contributed by atoms with Crippen LogP contribution in [-0.2, 0) is 28.3 Å². The fraction of sp³-hybridized carbons (Fsp3) is 0.160. The number of aromatic nitrogens is 2. The highest BCUT2D eigenvalue weighted by Gasteiger charge is 2.31. The number of nitrogens with zero attached hydrogens (tertiary/aromatic N) is 2. The summed E-state index contributed by atoms with van der Waals surface area (Å²) in [4.78, 5) is 20.4. The Labute approximate surface area is 204 Å². The zero-order valence-electron chi connectivity index (χ0n) is 18.9. The zero-order valence-corrected chi connectivity index (χ0v) is 19.7. The Bertz CT molecular complexity index is 1470. The molecule has 11 heteroatoms. The van der Waals surface area contributed by atoms with Crippen LogP contribution in [0.25, 0.3) is 11.5 Å². The van der Waals surface area contributed by atoms with E-state index in [4.69, 9.17) is 4.42 Å². The van der Waals surface area contributed by atoms with Crippen molar-refractivity contribution in [1.29, 1.82) is 0 Å². The molecule has 0 aliphatic carbocycles. The quantitative estimate of drug-likeness (QED) is 0.373. The van der Waals surface area contributed by atoms with Crippen LogP contribution in [0.1, 0.15) is 32.9 Å². The normalized spacial score (nSPS) is 11.9. The Hall–Kier alpha value is -3.99. The van der Waals surface area contributed by atoms with Crippen LogP contribution < -0.4 is 5.32 Å². The van der Waals surface area contributed by atoms with Gasteiger partial charge >= 0.3 is 6.18 Å². The Balaban J connectivity index is 1.45. The van der Waals surface area contributed by atoms with Crippen molar-refractivity contribution >= 4 is 15.7 Å². The van der Waals surface area contributed by atoms with Crippen LogP contribution >= 0.6 is 0 Å². The Kier molecular flexibility index (Phi) is 6.93. The van der Waals surface area contributed by atoms with E-state index in [-0.39, 0.29) is 28.1 Å². The van der Waals surface area contributed by atoms with Gasteiger partial charge in [-0.15, -0.1) is 0 Å². The number of carbonyl (C=O) groups is 1. The molecule has 4 rings (SSSR count). The Morgan fingerprint density at radius 2 is 1.72 bits per heavy atom. The molecule has 2 heterocycles. The second kappa shape index (κ2) is 9.94. The molecule has 36 heavy (non-hydrogen) atoms. The molecule has 0 saturated heterocycles. The van der Waals surface area contributed by atoms with Crippen molar-refractivity contribution in [3.05, 3.63) is 101 Å². The predicted molar refractivity (Wildman–Crippen MR) is 124 cm³/mol. The number of halogens is 3. The first-order valence-corrected chi connectivity index (χ1v) is 12.3. The summed E-state index contributed by atoms with van der Waals surface area (Å²) < 4.78 is 69.4. The van der Waals surface area contributed by atoms with Crippen molar-refractivity contribution in [2.24, 2.45) is 0 Å². The van der Waals surface area contributed by atoms with Crippen LogP contribution in [-0.4, -0.2) is 24.3 Å². The Morgan fingerprint density at radius 3 is 2.33 bits per heavy atom. The molecule has 0 radical (unpaired) electrons. The van der Waals surface area contributed by atoms with Gasteiger partial charge in [0.1, 0.15) is 11.5 Å². The van der Waals surface area contributed by atoms with Gasteiger partial charge in [0.2, 0.25) is 5.89 Å². The highest BCUT2D eigenvalue weighted by molar-refractivity contribution is 7.90. The van der Waals surface area contributed by atoms with Crippen LogP contribution in [0.15, 0.2) is 82.4 Å². The first kappa shape index (κ1) is 25.1. The van der Waals surface area contributed by atoms with Crippen molar-refractivity contribution in [2.45, 2.75) is 30.3 Å². The van der Waals surface area contributed by atoms with E-state index < -0.39 is 27.3 Å². The number of rotatable bonds is 7. The Morgan fingerprint density at radius 1 is 1.03 bits per heavy atom. The number of benzene rings is 2. The molecular formula is C25H20F3N3O4S. The largest absolute Gasteiger partial charge is 0.441 e. The van der Waals surface area contributed by atoms with Crippen molar-refractivity contribution < 1.29 is 30.8 Å². The lowest BCUT2D eigenvalue weighted by Gasteiger charge is -2.08. The maximum atomic E-state index is 12.8. The maximum Gasteiger partial charge on any atom is 0.416 e. The standard InChI is InChI=1S/C25H20F3N3O4S/c1-16-22(15-36(33,34)21-10-8-20(9-11-21)25(26,27)28)31-24(35-16)19-6-4-18(5-7-19)23(32)30-14-17-3-2-12-29-13-17/h2-13H,14-15H2,1H3,(H,30,32). The molecule has 1 amide bonds. The highest BCUT2D eigenvalue weighted by atomic mass is 32.2. The molecule has 0 fully saturated rings. The molecule has 7 nitrogen and oxygen atoms in total. The van der Waals surface area contributed by atoms with E-state index >= 15 is 0 Å². The van der Waals surface area contributed by atoms with E-state index in [1.807, 2.05) is 6.07 Å². The highest BCUT2D eigenvalue weighted by Crippen LogP contribution is 2.31. The lowest BCUT2D eigenvalue weighted by atomic mass is 10.1. The molecule has 0 aliphatic heterocycles. The molecule has 0 unspecified atom stereocenters. The molecule has 0 atom stereocenters. The van der Waals surface area contributed by atoms with Gasteiger partial charge in [-0.3, -0.25) is 9.78 Å². The lowest BCUT2D eigenvalue weighted by molar-refractivity contribution is -0.137. The van der Waals surface area contributed by atoms with Crippen LogP contribution in [0, 0.1) is 6.92 Å². The number of amides is 1. The first-order valence-electron chi connectivity index (χ1n) is 10.7. The molecule has 0 aliphatic rings. The summed E-state index contributed by atoms with van der Waals surface area (Å²) in [5.74, 6) is -0.397. The van der Waals surface area contributed by atoms with E-state index in [2.05, 4.69) is 15.3 Å². The molecule has 0 saturated carbocycles. The van der Waals surface area contributed by atoms with E-state index in [0.29, 0.717) is 17.7 Å². The van der Waals surface area contributed by atoms with Crippen molar-refractivity contribution in [3.63, 3.8) is 0 Å². The lowest BCUT2D eigenvalue weighted by Crippen LogP contribution is -2.22. The molecular weight excluding hydrogens is 495 g/mol. The number of hydrogen-bond donors (Lipinski definition) is 1. The molecule has 2 aromatic heterocycles. The molecule has 0 bridgehead atoms. The number of nitrogens with one attached hydrogen (secondary N) is 1. The number of alkyl halides is 3. The SMILES string of the molecule is Cc1oc(-c2ccc(C(=O)NCc3cccnc3)cc2)nc1CS(=O)(=O)c1ccc(C(F)(F)F)cc1. The summed E-state index contributed by atoms with van der Waals surface area (Å²) in [6.07, 6.45) is -1.26. The molecule has 0 spiro atoms. The molecule has 1 N–H and O–H groups in total. The van der Waals surface area contributed by atoms with E-state index in [1.165, 1.54) is 0 Å². The topological polar surface area (TPSA) is 102 Å². The number of pyridine rings is 1. The minimum absolute atomic E-state index is 0.142. The number of oxazole rings is 1. The summed E-state index contributed by atoms with van der Waals surface area (Å²) in [5, 5.41) is 2.79. The summed E-state index contributed by atoms with van der Waals surface area (Å²) in [6.45, 7) is 1.87. The average Bonchev–Trinajstić information content (AvgIpc) is 3.22. The summed E-state index contributed by atoms with van der Waals surface area (Å²) >= 11 is 0. The van der Waals surface area contributed by atoms with Crippen LogP contribution in [0.2, 0.25) is 0 Å². The molecule has 4 aromatic rings. The van der Waals surface area contributed by atoms with Gasteiger partial charge in [-0.25, -0.2) is 13.4 Å². The average molecular weight is 516 g/mol. The minimum atomic E-state index is -4.56. The van der Waals surface area contributed by atoms with Gasteiger partial charge in [-0.1, -0.05) is 6.07 Å². The summed E-state index contributed by atoms with van der Waals surface area (Å²) in [7, 11) is -3.96. The fourth-order valence-corrected chi connectivity index (χ4v) is 4.70. The van der Waals surface area contributed by atoms with Crippen molar-refractivity contribution in [3.8, 4) is 11.5 Å². The number of carbonyl (C=O) groups excluding carboxylic acids is 1. The van der Waals surface area contributed by atoms with E-state index in [1.54, 1.807) is 49.6 Å². The minimum Gasteiger partial charge on any atom is -0.441 e. The molecule has 186 valence electrons. The van der Waals surface area contributed by atoms with Crippen LogP contribution in [0.3, 0.4) is 0 Å². The third-order valence-corrected chi connectivity index (χ3v) is 6.97. The predicted octanol–water partition coefficient (Wildman–Crippen LogP) is 4.97. The second-order valence-electron chi connectivity index (χ2n) is 7.92. The maximum absolute atomic E-state index is 12.8. The van der Waals surface area contributed by atoms with Gasteiger partial charge in [0.05, 0.1) is 16.2 Å². The monoisotopic (exact) mass is 515 g/mol. The van der Waals surface area contributed by atoms with Crippen molar-refractivity contribution in [2.75, 3.05) is 0 Å². The summed E-state index contributed by atoms with van der Waals surface area (Å²) in [5.41, 5.74) is 1.01. The van der Waals surface area contributed by atoms with Gasteiger partial charge in [-0.05, 0) is 67.1 Å². The van der Waals surface area contributed by atoms with Gasteiger partial charge in [0.25, 0.3) is 5.91 Å². The van der Waals surface area contributed by atoms with E-state index in [0.717, 1.165) is 29.8 Å². The van der Waals surface area contributed by atoms with Crippen molar-refractivity contribution in [1.82, 2.24) is 15.3 Å².